The number of carbonyl (C=O) groups excluding carboxylic acids is 2. The van der Waals surface area contributed by atoms with E-state index in [2.05, 4.69) is 20.9 Å². The molecule has 0 unspecified atom stereocenters. The molecule has 9 heteroatoms. The van der Waals surface area contributed by atoms with Crippen LogP contribution in [0.3, 0.4) is 0 Å². The first-order valence-corrected chi connectivity index (χ1v) is 10.0. The van der Waals surface area contributed by atoms with Crippen molar-refractivity contribution in [1.82, 2.24) is 25.2 Å². The highest BCUT2D eigenvalue weighted by molar-refractivity contribution is 5.99. The molecule has 1 fully saturated rings. The number of amides is 2. The Kier molecular flexibility index (Phi) is 7.97. The predicted molar refractivity (Wildman–Crippen MR) is 119 cm³/mol. The first kappa shape index (κ1) is 23.8. The van der Waals surface area contributed by atoms with Crippen LogP contribution in [-0.2, 0) is 4.79 Å². The van der Waals surface area contributed by atoms with Gasteiger partial charge in [-0.05, 0) is 64.8 Å². The average molecular weight is 435 g/mol. The van der Waals surface area contributed by atoms with Gasteiger partial charge >= 0.3 is 0 Å². The zero-order chi connectivity index (χ0) is 21.1. The highest BCUT2D eigenvalue weighted by Crippen LogP contribution is 2.22. The van der Waals surface area contributed by atoms with Gasteiger partial charge in [0.1, 0.15) is 0 Å². The van der Waals surface area contributed by atoms with Gasteiger partial charge in [-0.15, -0.1) is 17.5 Å². The SMILES string of the molecule is Cc1cc(C)c(NC(=O)CN(C)C(=O)c2nnn(C3CCNCC3)c2C)c(C)c1.Cl. The van der Waals surface area contributed by atoms with E-state index in [0.717, 1.165) is 54.0 Å². The monoisotopic (exact) mass is 434 g/mol. The number of carbonyl (C=O) groups is 2. The largest absolute Gasteiger partial charge is 0.331 e. The molecule has 2 N–H and O–H groups in total. The molecule has 2 amide bonds. The second kappa shape index (κ2) is 10.0. The van der Waals surface area contributed by atoms with Gasteiger partial charge in [0, 0.05) is 12.7 Å². The van der Waals surface area contributed by atoms with Gasteiger partial charge in [0.2, 0.25) is 5.91 Å². The smallest absolute Gasteiger partial charge is 0.276 e. The normalized spacial score (nSPS) is 14.2. The molecule has 3 rings (SSSR count). The lowest BCUT2D eigenvalue weighted by molar-refractivity contribution is -0.116. The summed E-state index contributed by atoms with van der Waals surface area (Å²) in [4.78, 5) is 26.8. The van der Waals surface area contributed by atoms with E-state index < -0.39 is 0 Å². The summed E-state index contributed by atoms with van der Waals surface area (Å²) in [6.07, 6.45) is 1.93. The van der Waals surface area contributed by atoms with E-state index in [1.165, 1.54) is 4.90 Å². The fourth-order valence-corrected chi connectivity index (χ4v) is 3.96. The van der Waals surface area contributed by atoms with Gasteiger partial charge in [-0.3, -0.25) is 9.59 Å². The maximum atomic E-state index is 12.8. The minimum atomic E-state index is -0.296. The summed E-state index contributed by atoms with van der Waals surface area (Å²) in [5.74, 6) is -0.533. The number of nitrogens with one attached hydrogen (secondary N) is 2. The Labute approximate surface area is 183 Å². The molecule has 2 heterocycles. The molecule has 1 aliphatic rings. The molecule has 8 nitrogen and oxygen atoms in total. The van der Waals surface area contributed by atoms with Crippen LogP contribution in [0.5, 0.6) is 0 Å². The fourth-order valence-electron chi connectivity index (χ4n) is 3.96. The third-order valence-corrected chi connectivity index (χ3v) is 5.45. The van der Waals surface area contributed by atoms with E-state index in [1.54, 1.807) is 7.05 Å². The van der Waals surface area contributed by atoms with Crippen LogP contribution in [-0.4, -0.2) is 58.4 Å². The third kappa shape index (κ3) is 5.17. The molecule has 1 aromatic heterocycles. The Bertz CT molecular complexity index is 897. The van der Waals surface area contributed by atoms with Crippen molar-refractivity contribution in [3.8, 4) is 0 Å². The Morgan fingerprint density at radius 1 is 1.17 bits per heavy atom. The average Bonchev–Trinajstić information content (AvgIpc) is 3.06. The molecule has 1 aliphatic heterocycles. The third-order valence-electron chi connectivity index (χ3n) is 5.45. The van der Waals surface area contributed by atoms with Gasteiger partial charge in [0.25, 0.3) is 5.91 Å². The molecule has 0 radical (unpaired) electrons. The number of halogens is 1. The molecule has 0 aliphatic carbocycles. The van der Waals surface area contributed by atoms with E-state index >= 15 is 0 Å². The minimum Gasteiger partial charge on any atom is -0.331 e. The summed E-state index contributed by atoms with van der Waals surface area (Å²) in [5.41, 5.74) is 5.02. The molecular formula is C21H31ClN6O2. The second-order valence-corrected chi connectivity index (χ2v) is 7.93. The summed E-state index contributed by atoms with van der Waals surface area (Å²) in [7, 11) is 1.61. The summed E-state index contributed by atoms with van der Waals surface area (Å²) in [5, 5.41) is 14.6. The van der Waals surface area contributed by atoms with E-state index in [9.17, 15) is 9.59 Å². The van der Waals surface area contributed by atoms with Gasteiger partial charge in [0.05, 0.1) is 18.3 Å². The highest BCUT2D eigenvalue weighted by atomic mass is 35.5. The number of nitrogens with zero attached hydrogens (tertiary/aromatic N) is 4. The first-order chi connectivity index (χ1) is 13.8. The second-order valence-electron chi connectivity index (χ2n) is 7.93. The van der Waals surface area contributed by atoms with Gasteiger partial charge in [-0.2, -0.15) is 0 Å². The Morgan fingerprint density at radius 3 is 2.37 bits per heavy atom. The maximum absolute atomic E-state index is 12.8. The van der Waals surface area contributed by atoms with Gasteiger partial charge in [0.15, 0.2) is 5.69 Å². The van der Waals surface area contributed by atoms with Crippen LogP contribution < -0.4 is 10.6 Å². The summed E-state index contributed by atoms with van der Waals surface area (Å²) in [6.45, 7) is 9.64. The number of hydrogen-bond donors (Lipinski definition) is 2. The van der Waals surface area contributed by atoms with Crippen LogP contribution >= 0.6 is 12.4 Å². The quantitative estimate of drug-likeness (QED) is 0.754. The Morgan fingerprint density at radius 2 is 1.77 bits per heavy atom. The Balaban J connectivity index is 0.00000320. The van der Waals surface area contributed by atoms with Gasteiger partial charge in [-0.1, -0.05) is 22.9 Å². The molecule has 0 bridgehead atoms. The van der Waals surface area contributed by atoms with E-state index in [-0.39, 0.29) is 36.8 Å². The van der Waals surface area contributed by atoms with Crippen molar-refractivity contribution >= 4 is 29.9 Å². The zero-order valence-electron chi connectivity index (χ0n) is 18.3. The summed E-state index contributed by atoms with van der Waals surface area (Å²) in [6, 6.07) is 4.31. The minimum absolute atomic E-state index is 0. The standard InChI is InChI=1S/C21H30N6O2.ClH/c1-13-10-14(2)19(15(3)11-13)23-18(28)12-26(5)21(29)20-16(4)27(25-24-20)17-6-8-22-9-7-17;/h10-11,17,22H,6-9,12H2,1-5H3,(H,23,28);1H. The topological polar surface area (TPSA) is 92.2 Å². The molecule has 0 atom stereocenters. The number of rotatable bonds is 5. The van der Waals surface area contributed by atoms with Crippen LogP contribution in [0.25, 0.3) is 0 Å². The van der Waals surface area contributed by atoms with Crippen LogP contribution in [0.15, 0.2) is 12.1 Å². The van der Waals surface area contributed by atoms with Crippen LogP contribution in [0.4, 0.5) is 5.69 Å². The van der Waals surface area contributed by atoms with E-state index in [4.69, 9.17) is 0 Å². The molecule has 30 heavy (non-hydrogen) atoms. The number of aryl methyl sites for hydroxylation is 3. The molecule has 2 aromatic rings. The predicted octanol–water partition coefficient (Wildman–Crippen LogP) is 2.57. The number of anilines is 1. The lowest BCUT2D eigenvalue weighted by Crippen LogP contribution is -2.36. The van der Waals surface area contributed by atoms with Crippen LogP contribution in [0, 0.1) is 27.7 Å². The number of aromatic nitrogens is 3. The van der Waals surface area contributed by atoms with Crippen LogP contribution in [0.1, 0.15) is 51.8 Å². The van der Waals surface area contributed by atoms with Crippen molar-refractivity contribution in [2.75, 3.05) is 32.0 Å². The molecule has 164 valence electrons. The number of likely N-dealkylation sites (N-methyl/N-ethyl adjacent to an activating group) is 1. The summed E-state index contributed by atoms with van der Waals surface area (Å²) < 4.78 is 1.85. The number of hydrogen-bond acceptors (Lipinski definition) is 5. The van der Waals surface area contributed by atoms with Crippen molar-refractivity contribution in [2.45, 2.75) is 46.6 Å². The molecule has 1 saturated heterocycles. The number of piperidine rings is 1. The van der Waals surface area contributed by atoms with Gasteiger partial charge < -0.3 is 15.5 Å². The number of benzene rings is 1. The van der Waals surface area contributed by atoms with Crippen molar-refractivity contribution in [3.63, 3.8) is 0 Å². The van der Waals surface area contributed by atoms with E-state index in [0.29, 0.717) is 5.69 Å². The molecule has 0 saturated carbocycles. The maximum Gasteiger partial charge on any atom is 0.276 e. The first-order valence-electron chi connectivity index (χ1n) is 10.0. The lowest BCUT2D eigenvalue weighted by atomic mass is 10.1. The Hall–Kier alpha value is -2.45. The molecular weight excluding hydrogens is 404 g/mol. The fraction of sp³-hybridized carbons (Fsp3) is 0.524. The summed E-state index contributed by atoms with van der Waals surface area (Å²) >= 11 is 0. The van der Waals surface area contributed by atoms with Crippen molar-refractivity contribution in [2.24, 2.45) is 0 Å². The van der Waals surface area contributed by atoms with Crippen molar-refractivity contribution < 1.29 is 9.59 Å². The highest BCUT2D eigenvalue weighted by Gasteiger charge is 2.25. The van der Waals surface area contributed by atoms with Gasteiger partial charge in [-0.25, -0.2) is 4.68 Å². The van der Waals surface area contributed by atoms with Crippen LogP contribution in [0.2, 0.25) is 0 Å². The lowest BCUT2D eigenvalue weighted by Gasteiger charge is -2.23. The molecule has 0 spiro atoms. The van der Waals surface area contributed by atoms with Crippen molar-refractivity contribution in [3.05, 3.63) is 40.2 Å². The zero-order valence-corrected chi connectivity index (χ0v) is 19.1. The molecule has 1 aromatic carbocycles. The van der Waals surface area contributed by atoms with Crippen molar-refractivity contribution in [1.29, 1.82) is 0 Å². The van der Waals surface area contributed by atoms with E-state index in [1.807, 2.05) is 44.5 Å².